The lowest BCUT2D eigenvalue weighted by Crippen LogP contribution is -2.30. The highest BCUT2D eigenvalue weighted by molar-refractivity contribution is 9.10. The van der Waals surface area contributed by atoms with Gasteiger partial charge in [0.25, 0.3) is 11.8 Å². The molecule has 0 atom stereocenters. The summed E-state index contributed by atoms with van der Waals surface area (Å²) < 4.78 is 0.782. The van der Waals surface area contributed by atoms with Gasteiger partial charge in [0.2, 0.25) is 0 Å². The molecule has 0 spiro atoms. The molecule has 2 aromatic rings. The van der Waals surface area contributed by atoms with Crippen molar-refractivity contribution in [3.63, 3.8) is 0 Å². The van der Waals surface area contributed by atoms with Crippen molar-refractivity contribution in [2.45, 2.75) is 0 Å². The molecule has 0 saturated carbocycles. The van der Waals surface area contributed by atoms with Gasteiger partial charge in [0.15, 0.2) is 0 Å². The number of fused-ring (bicyclic) bond motifs is 1. The fourth-order valence-corrected chi connectivity index (χ4v) is 2.03. The minimum atomic E-state index is -0.391. The summed E-state index contributed by atoms with van der Waals surface area (Å²) in [5.41, 5.74) is 0.673. The number of amides is 2. The molecule has 3 heterocycles. The third-order valence-electron chi connectivity index (χ3n) is 2.63. The number of pyridine rings is 2. The Hall–Kier alpha value is -2.08. The summed E-state index contributed by atoms with van der Waals surface area (Å²) in [6, 6.07) is 4.87. The normalized spacial score (nSPS) is 13.9. The first kappa shape index (κ1) is 11.0. The van der Waals surface area contributed by atoms with Gasteiger partial charge in [-0.1, -0.05) is 0 Å². The van der Waals surface area contributed by atoms with E-state index in [1.165, 1.54) is 24.7 Å². The monoisotopic (exact) mass is 303 g/mol. The van der Waals surface area contributed by atoms with Crippen LogP contribution in [0.3, 0.4) is 0 Å². The van der Waals surface area contributed by atoms with E-state index in [1.807, 2.05) is 0 Å². The van der Waals surface area contributed by atoms with Crippen LogP contribution in [0.5, 0.6) is 0 Å². The van der Waals surface area contributed by atoms with Crippen molar-refractivity contribution in [2.75, 3.05) is 4.90 Å². The summed E-state index contributed by atoms with van der Waals surface area (Å²) in [4.78, 5) is 33.2. The number of nitrogens with zero attached hydrogens (tertiary/aromatic N) is 3. The van der Waals surface area contributed by atoms with E-state index >= 15 is 0 Å². The summed E-state index contributed by atoms with van der Waals surface area (Å²) in [7, 11) is 0. The Balaban J connectivity index is 2.09. The topological polar surface area (TPSA) is 63.2 Å². The van der Waals surface area contributed by atoms with E-state index in [0.29, 0.717) is 16.9 Å². The highest BCUT2D eigenvalue weighted by atomic mass is 79.9. The van der Waals surface area contributed by atoms with Crippen LogP contribution in [0.4, 0.5) is 5.82 Å². The van der Waals surface area contributed by atoms with Crippen LogP contribution in [0.25, 0.3) is 0 Å². The molecule has 1 aliphatic heterocycles. The van der Waals surface area contributed by atoms with E-state index in [-0.39, 0.29) is 5.91 Å². The molecule has 0 unspecified atom stereocenters. The molecule has 2 amide bonds. The molecule has 88 valence electrons. The Morgan fingerprint density at radius 2 is 1.78 bits per heavy atom. The molecule has 0 N–H and O–H groups in total. The molecule has 3 rings (SSSR count). The van der Waals surface area contributed by atoms with Crippen LogP contribution in [0.1, 0.15) is 20.7 Å². The summed E-state index contributed by atoms with van der Waals surface area (Å²) in [5.74, 6) is -0.449. The minimum absolute atomic E-state index is 0.310. The fourth-order valence-electron chi connectivity index (χ4n) is 1.79. The Kier molecular flexibility index (Phi) is 2.45. The lowest BCUT2D eigenvalue weighted by atomic mass is 10.2. The van der Waals surface area contributed by atoms with Gasteiger partial charge in [-0.3, -0.25) is 14.6 Å². The molecular weight excluding hydrogens is 298 g/mol. The zero-order chi connectivity index (χ0) is 12.7. The SMILES string of the molecule is O=C1c2ccncc2C(=O)N1c1ccc(Br)cn1. The van der Waals surface area contributed by atoms with Gasteiger partial charge in [-0.05, 0) is 34.1 Å². The van der Waals surface area contributed by atoms with Gasteiger partial charge in [0, 0.05) is 23.1 Å². The average molecular weight is 304 g/mol. The summed E-state index contributed by atoms with van der Waals surface area (Å²) in [5, 5.41) is 0. The molecule has 6 heteroatoms. The molecule has 0 radical (unpaired) electrons. The molecule has 0 saturated heterocycles. The third-order valence-corrected chi connectivity index (χ3v) is 3.10. The Morgan fingerprint density at radius 3 is 2.44 bits per heavy atom. The lowest BCUT2D eigenvalue weighted by Gasteiger charge is -2.11. The second kappa shape index (κ2) is 3.99. The van der Waals surface area contributed by atoms with Crippen LogP contribution in [-0.4, -0.2) is 21.8 Å². The van der Waals surface area contributed by atoms with Crippen molar-refractivity contribution in [1.82, 2.24) is 9.97 Å². The third kappa shape index (κ3) is 1.53. The molecule has 18 heavy (non-hydrogen) atoms. The predicted molar refractivity (Wildman–Crippen MR) is 67.3 cm³/mol. The largest absolute Gasteiger partial charge is 0.268 e. The smallest absolute Gasteiger partial charge is 0.268 e. The van der Waals surface area contributed by atoms with E-state index in [0.717, 1.165) is 9.37 Å². The standard InChI is InChI=1S/C12H6BrN3O2/c13-7-1-2-10(15-5-7)16-11(17)8-3-4-14-6-9(8)12(16)18/h1-6H. The Labute approximate surface area is 111 Å². The van der Waals surface area contributed by atoms with Crippen LogP contribution >= 0.6 is 15.9 Å². The highest BCUT2D eigenvalue weighted by Gasteiger charge is 2.37. The van der Waals surface area contributed by atoms with Crippen LogP contribution in [0.2, 0.25) is 0 Å². The van der Waals surface area contributed by atoms with E-state index in [1.54, 1.807) is 12.1 Å². The maximum Gasteiger partial charge on any atom is 0.268 e. The summed E-state index contributed by atoms with van der Waals surface area (Å²) in [6.07, 6.45) is 4.42. The van der Waals surface area contributed by atoms with E-state index in [2.05, 4.69) is 25.9 Å². The number of hydrogen-bond acceptors (Lipinski definition) is 4. The number of imide groups is 1. The van der Waals surface area contributed by atoms with Gasteiger partial charge in [-0.2, -0.15) is 0 Å². The summed E-state index contributed by atoms with van der Waals surface area (Å²) in [6.45, 7) is 0. The van der Waals surface area contributed by atoms with E-state index in [4.69, 9.17) is 0 Å². The van der Waals surface area contributed by atoms with Crippen molar-refractivity contribution in [3.8, 4) is 0 Å². The zero-order valence-corrected chi connectivity index (χ0v) is 10.6. The first-order valence-electron chi connectivity index (χ1n) is 5.13. The van der Waals surface area contributed by atoms with Gasteiger partial charge in [0.1, 0.15) is 5.82 Å². The van der Waals surface area contributed by atoms with Crippen LogP contribution < -0.4 is 4.90 Å². The van der Waals surface area contributed by atoms with Gasteiger partial charge in [0.05, 0.1) is 11.1 Å². The first-order valence-corrected chi connectivity index (χ1v) is 5.92. The van der Waals surface area contributed by atoms with Crippen molar-refractivity contribution in [3.05, 3.63) is 52.4 Å². The molecule has 0 fully saturated rings. The molecule has 0 aliphatic carbocycles. The minimum Gasteiger partial charge on any atom is -0.268 e. The molecule has 5 nitrogen and oxygen atoms in total. The van der Waals surface area contributed by atoms with E-state index < -0.39 is 5.91 Å². The fraction of sp³-hybridized carbons (Fsp3) is 0. The number of aromatic nitrogens is 2. The van der Waals surface area contributed by atoms with Crippen LogP contribution in [-0.2, 0) is 0 Å². The molecular formula is C12H6BrN3O2. The van der Waals surface area contributed by atoms with Crippen molar-refractivity contribution >= 4 is 33.6 Å². The molecule has 0 bridgehead atoms. The molecule has 2 aromatic heterocycles. The maximum absolute atomic E-state index is 12.1. The second-order valence-corrected chi connectivity index (χ2v) is 4.62. The van der Waals surface area contributed by atoms with E-state index in [9.17, 15) is 9.59 Å². The summed E-state index contributed by atoms with van der Waals surface area (Å²) >= 11 is 3.25. The Morgan fingerprint density at radius 1 is 1.00 bits per heavy atom. The highest BCUT2D eigenvalue weighted by Crippen LogP contribution is 2.26. The molecule has 1 aliphatic rings. The maximum atomic E-state index is 12.1. The van der Waals surface area contributed by atoms with Crippen molar-refractivity contribution in [1.29, 1.82) is 0 Å². The van der Waals surface area contributed by atoms with Gasteiger partial charge < -0.3 is 0 Å². The number of carbonyl (C=O) groups excluding carboxylic acids is 2. The van der Waals surface area contributed by atoms with Crippen LogP contribution in [0.15, 0.2) is 41.3 Å². The van der Waals surface area contributed by atoms with Gasteiger partial charge in [-0.15, -0.1) is 0 Å². The van der Waals surface area contributed by atoms with Crippen LogP contribution in [0, 0.1) is 0 Å². The Bertz CT molecular complexity index is 620. The van der Waals surface area contributed by atoms with Gasteiger partial charge >= 0.3 is 0 Å². The number of anilines is 1. The number of hydrogen-bond donors (Lipinski definition) is 0. The predicted octanol–water partition coefficient (Wildman–Crippen LogP) is 2.04. The van der Waals surface area contributed by atoms with Crippen molar-refractivity contribution in [2.24, 2.45) is 0 Å². The number of rotatable bonds is 1. The number of halogens is 1. The number of carbonyl (C=O) groups is 2. The lowest BCUT2D eigenvalue weighted by molar-refractivity contribution is 0.0925. The second-order valence-electron chi connectivity index (χ2n) is 3.70. The zero-order valence-electron chi connectivity index (χ0n) is 9.00. The quantitative estimate of drug-likeness (QED) is 0.756. The average Bonchev–Trinajstić information content (AvgIpc) is 2.64. The van der Waals surface area contributed by atoms with Gasteiger partial charge in [-0.25, -0.2) is 9.88 Å². The first-order chi connectivity index (χ1) is 8.68. The van der Waals surface area contributed by atoms with Crippen molar-refractivity contribution < 1.29 is 9.59 Å². The molecule has 0 aromatic carbocycles.